The molecule has 1 rings (SSSR count). The molecular formula is C9H20ClN5. The molecule has 1 aliphatic carbocycles. The first-order valence-electron chi connectivity index (χ1n) is 5.05. The van der Waals surface area contributed by atoms with E-state index in [2.05, 4.69) is 17.6 Å². The van der Waals surface area contributed by atoms with E-state index in [4.69, 9.17) is 16.6 Å². The zero-order valence-electron chi connectivity index (χ0n) is 8.97. The fraction of sp³-hybridized carbons (Fsp3) is 0.778. The van der Waals surface area contributed by atoms with E-state index < -0.39 is 0 Å². The Hall–Kier alpha value is -0.970. The Morgan fingerprint density at radius 3 is 2.33 bits per heavy atom. The highest BCUT2D eigenvalue weighted by atomic mass is 35.5. The highest BCUT2D eigenvalue weighted by Crippen LogP contribution is 2.27. The topological polar surface area (TPSA) is 97.8 Å². The molecule has 0 spiro atoms. The fourth-order valence-electron chi connectivity index (χ4n) is 1.97. The summed E-state index contributed by atoms with van der Waals surface area (Å²) in [6, 6.07) is 0.289. The van der Waals surface area contributed by atoms with Gasteiger partial charge in [0.1, 0.15) is 0 Å². The minimum absolute atomic E-state index is 0. The number of nitrogens with two attached hydrogens (primary N) is 1. The van der Waals surface area contributed by atoms with Gasteiger partial charge in [-0.05, 0) is 25.7 Å². The van der Waals surface area contributed by atoms with Gasteiger partial charge in [-0.1, -0.05) is 12.8 Å². The van der Waals surface area contributed by atoms with E-state index in [0.717, 1.165) is 0 Å². The summed E-state index contributed by atoms with van der Waals surface area (Å²) in [7, 11) is 0. The smallest absolute Gasteiger partial charge is 0.195 e. The van der Waals surface area contributed by atoms with Gasteiger partial charge < -0.3 is 11.1 Å². The van der Waals surface area contributed by atoms with Crippen LogP contribution in [-0.4, -0.2) is 18.0 Å². The zero-order chi connectivity index (χ0) is 10.6. The van der Waals surface area contributed by atoms with Crippen LogP contribution in [0.25, 0.3) is 0 Å². The van der Waals surface area contributed by atoms with Crippen molar-refractivity contribution >= 4 is 24.3 Å². The zero-order valence-corrected chi connectivity index (χ0v) is 9.79. The molecule has 0 aromatic rings. The standard InChI is InChI=1S/C9H19N5.ClH/c1-6(7-4-2-3-5-7)13-9(12)14-8(10)11;/h6-7H,2-5H2,1H3,(H6,10,11,12,13,14);1H. The Morgan fingerprint density at radius 2 is 1.87 bits per heavy atom. The molecule has 6 heteroatoms. The van der Waals surface area contributed by atoms with Crippen molar-refractivity contribution in [2.75, 3.05) is 0 Å². The summed E-state index contributed by atoms with van der Waals surface area (Å²) in [6.07, 6.45) is 5.07. The first-order valence-corrected chi connectivity index (χ1v) is 5.05. The van der Waals surface area contributed by atoms with Gasteiger partial charge in [0.2, 0.25) is 0 Å². The average Bonchev–Trinajstić information content (AvgIpc) is 2.53. The predicted molar refractivity (Wildman–Crippen MR) is 64.6 cm³/mol. The Kier molecular flexibility index (Phi) is 6.08. The van der Waals surface area contributed by atoms with Crippen molar-refractivity contribution in [1.82, 2.24) is 10.6 Å². The molecule has 0 bridgehead atoms. The van der Waals surface area contributed by atoms with Crippen molar-refractivity contribution < 1.29 is 0 Å². The Bertz CT molecular complexity index is 225. The first-order chi connectivity index (χ1) is 6.59. The lowest BCUT2D eigenvalue weighted by atomic mass is 10.0. The number of nitrogens with one attached hydrogen (secondary N) is 4. The molecule has 88 valence electrons. The molecule has 1 atom stereocenters. The minimum Gasteiger partial charge on any atom is -0.370 e. The lowest BCUT2D eigenvalue weighted by molar-refractivity contribution is 0.423. The molecule has 1 aliphatic rings. The van der Waals surface area contributed by atoms with Gasteiger partial charge in [-0.15, -0.1) is 12.4 Å². The molecule has 0 aliphatic heterocycles. The molecule has 5 nitrogen and oxygen atoms in total. The predicted octanol–water partition coefficient (Wildman–Crippen LogP) is 0.994. The van der Waals surface area contributed by atoms with Crippen LogP contribution in [0.1, 0.15) is 32.6 Å². The molecule has 1 saturated carbocycles. The van der Waals surface area contributed by atoms with Gasteiger partial charge in [-0.25, -0.2) is 0 Å². The molecule has 0 aromatic carbocycles. The van der Waals surface area contributed by atoms with Crippen molar-refractivity contribution in [3.63, 3.8) is 0 Å². The highest BCUT2D eigenvalue weighted by Gasteiger charge is 2.21. The van der Waals surface area contributed by atoms with Crippen LogP contribution in [0, 0.1) is 16.7 Å². The third kappa shape index (κ3) is 4.88. The number of halogens is 1. The van der Waals surface area contributed by atoms with Crippen LogP contribution in [0.5, 0.6) is 0 Å². The second kappa shape index (κ2) is 6.50. The molecule has 0 heterocycles. The molecule has 15 heavy (non-hydrogen) atoms. The molecule has 0 amide bonds. The number of rotatable bonds is 2. The second-order valence-electron chi connectivity index (χ2n) is 3.89. The minimum atomic E-state index is -0.193. The van der Waals surface area contributed by atoms with Crippen LogP contribution < -0.4 is 16.4 Å². The van der Waals surface area contributed by atoms with Crippen LogP contribution in [0.2, 0.25) is 0 Å². The van der Waals surface area contributed by atoms with Crippen molar-refractivity contribution in [3.8, 4) is 0 Å². The maximum atomic E-state index is 7.47. The van der Waals surface area contributed by atoms with Gasteiger partial charge in [0.05, 0.1) is 0 Å². The van der Waals surface area contributed by atoms with Gasteiger partial charge >= 0.3 is 0 Å². The lowest BCUT2D eigenvalue weighted by Gasteiger charge is -2.21. The third-order valence-electron chi connectivity index (χ3n) is 2.74. The first kappa shape index (κ1) is 14.0. The maximum absolute atomic E-state index is 7.47. The summed E-state index contributed by atoms with van der Waals surface area (Å²) in [6.45, 7) is 2.08. The van der Waals surface area contributed by atoms with Gasteiger partial charge in [0.25, 0.3) is 0 Å². The molecule has 6 N–H and O–H groups in total. The van der Waals surface area contributed by atoms with E-state index in [9.17, 15) is 0 Å². The van der Waals surface area contributed by atoms with Crippen molar-refractivity contribution in [2.45, 2.75) is 38.6 Å². The van der Waals surface area contributed by atoms with Crippen LogP contribution in [0.15, 0.2) is 0 Å². The molecule has 0 saturated heterocycles. The monoisotopic (exact) mass is 233 g/mol. The second-order valence-corrected chi connectivity index (χ2v) is 3.89. The fourth-order valence-corrected chi connectivity index (χ4v) is 1.97. The Balaban J connectivity index is 0.00000196. The van der Waals surface area contributed by atoms with E-state index in [0.29, 0.717) is 5.92 Å². The van der Waals surface area contributed by atoms with Crippen LogP contribution in [-0.2, 0) is 0 Å². The van der Waals surface area contributed by atoms with Crippen molar-refractivity contribution in [3.05, 3.63) is 0 Å². The summed E-state index contributed by atoms with van der Waals surface area (Å²) in [4.78, 5) is 0. The van der Waals surface area contributed by atoms with Gasteiger partial charge in [-0.2, -0.15) is 0 Å². The molecule has 1 fully saturated rings. The SMILES string of the molecule is CC(NC(=N)NC(=N)N)C1CCCC1.Cl. The number of guanidine groups is 2. The van der Waals surface area contributed by atoms with Crippen LogP contribution in [0.3, 0.4) is 0 Å². The van der Waals surface area contributed by atoms with Gasteiger partial charge in [-0.3, -0.25) is 16.1 Å². The maximum Gasteiger partial charge on any atom is 0.195 e. The number of hydrogen-bond acceptors (Lipinski definition) is 2. The van der Waals surface area contributed by atoms with E-state index in [-0.39, 0.29) is 30.4 Å². The normalized spacial score (nSPS) is 17.7. The quantitative estimate of drug-likeness (QED) is 0.364. The average molecular weight is 234 g/mol. The van der Waals surface area contributed by atoms with E-state index in [1.54, 1.807) is 0 Å². The summed E-state index contributed by atoms with van der Waals surface area (Å²) >= 11 is 0. The molecule has 0 radical (unpaired) electrons. The lowest BCUT2D eigenvalue weighted by Crippen LogP contribution is -2.48. The number of hydrogen-bond donors (Lipinski definition) is 5. The highest BCUT2D eigenvalue weighted by molar-refractivity contribution is 5.94. The van der Waals surface area contributed by atoms with Crippen LogP contribution >= 0.6 is 12.4 Å². The third-order valence-corrected chi connectivity index (χ3v) is 2.74. The summed E-state index contributed by atoms with van der Waals surface area (Å²) in [5.74, 6) is 0.585. The van der Waals surface area contributed by atoms with Gasteiger partial charge in [0.15, 0.2) is 11.9 Å². The molecule has 1 unspecified atom stereocenters. The Labute approximate surface area is 96.6 Å². The molecule has 0 aromatic heterocycles. The summed E-state index contributed by atoms with van der Waals surface area (Å²) in [5.41, 5.74) is 5.11. The van der Waals surface area contributed by atoms with Crippen molar-refractivity contribution in [1.29, 1.82) is 10.8 Å². The molecular weight excluding hydrogens is 214 g/mol. The van der Waals surface area contributed by atoms with E-state index in [1.807, 2.05) is 0 Å². The van der Waals surface area contributed by atoms with E-state index in [1.165, 1.54) is 25.7 Å². The van der Waals surface area contributed by atoms with Crippen LogP contribution in [0.4, 0.5) is 0 Å². The Morgan fingerprint density at radius 1 is 1.33 bits per heavy atom. The van der Waals surface area contributed by atoms with Crippen molar-refractivity contribution in [2.24, 2.45) is 11.7 Å². The van der Waals surface area contributed by atoms with E-state index >= 15 is 0 Å². The van der Waals surface area contributed by atoms with Gasteiger partial charge in [0, 0.05) is 6.04 Å². The summed E-state index contributed by atoms with van der Waals surface area (Å²) in [5, 5.41) is 19.9. The summed E-state index contributed by atoms with van der Waals surface area (Å²) < 4.78 is 0. The largest absolute Gasteiger partial charge is 0.370 e.